The van der Waals surface area contributed by atoms with E-state index in [-0.39, 0.29) is 6.03 Å². The van der Waals surface area contributed by atoms with E-state index in [4.69, 9.17) is 4.74 Å². The third-order valence-corrected chi connectivity index (χ3v) is 4.26. The minimum absolute atomic E-state index is 0.356. The van der Waals surface area contributed by atoms with E-state index >= 15 is 0 Å². The minimum atomic E-state index is -0.356. The van der Waals surface area contributed by atoms with Crippen LogP contribution in [0.25, 0.3) is 22.2 Å². The van der Waals surface area contributed by atoms with E-state index in [0.717, 1.165) is 29.6 Å². The number of nitrogens with zero attached hydrogens (tertiary/aromatic N) is 4. The van der Waals surface area contributed by atoms with Crippen LogP contribution in [0.3, 0.4) is 0 Å². The predicted molar refractivity (Wildman–Crippen MR) is 119 cm³/mol. The van der Waals surface area contributed by atoms with Crippen molar-refractivity contribution in [2.24, 2.45) is 0 Å². The number of urea groups is 1. The molecule has 0 fully saturated rings. The van der Waals surface area contributed by atoms with E-state index < -0.39 is 0 Å². The topological polar surface area (TPSA) is 92.3 Å². The maximum absolute atomic E-state index is 11.8. The molecule has 3 aromatic rings. The van der Waals surface area contributed by atoms with Crippen LogP contribution < -0.4 is 15.4 Å². The summed E-state index contributed by atoms with van der Waals surface area (Å²) in [4.78, 5) is 27.1. The van der Waals surface area contributed by atoms with Crippen molar-refractivity contribution in [3.63, 3.8) is 0 Å². The molecule has 2 N–H and O–H groups in total. The van der Waals surface area contributed by atoms with Gasteiger partial charge in [-0.05, 0) is 44.3 Å². The van der Waals surface area contributed by atoms with E-state index in [9.17, 15) is 4.79 Å². The molecule has 0 unspecified atom stereocenters. The van der Waals surface area contributed by atoms with Gasteiger partial charge in [0.2, 0.25) is 5.88 Å². The number of anilines is 1. The quantitative estimate of drug-likeness (QED) is 0.418. The van der Waals surface area contributed by atoms with Gasteiger partial charge in [-0.15, -0.1) is 6.58 Å². The first-order valence-electron chi connectivity index (χ1n) is 9.71. The summed E-state index contributed by atoms with van der Waals surface area (Å²) in [5, 5.41) is 5.30. The number of nitrogens with one attached hydrogen (secondary N) is 2. The maximum atomic E-state index is 11.8. The first-order valence-corrected chi connectivity index (χ1v) is 9.71. The van der Waals surface area contributed by atoms with Crippen LogP contribution in [-0.4, -0.2) is 59.7 Å². The molecule has 3 rings (SSSR count). The summed E-state index contributed by atoms with van der Waals surface area (Å²) in [7, 11) is 4.08. The Balaban J connectivity index is 1.69. The summed E-state index contributed by atoms with van der Waals surface area (Å²) >= 11 is 0. The SMILES string of the molecule is C=CCNC(=O)Nc1cnc2ccc(-c3ccc(OCCCN(C)C)nc3)cc2n1. The lowest BCUT2D eigenvalue weighted by atomic mass is 10.1. The molecule has 2 aromatic heterocycles. The van der Waals surface area contributed by atoms with Crippen molar-refractivity contribution in [1.82, 2.24) is 25.2 Å². The summed E-state index contributed by atoms with van der Waals surface area (Å²) in [5.41, 5.74) is 3.32. The fourth-order valence-corrected chi connectivity index (χ4v) is 2.77. The van der Waals surface area contributed by atoms with E-state index in [1.165, 1.54) is 6.20 Å². The molecule has 1 aromatic carbocycles. The lowest BCUT2D eigenvalue weighted by Gasteiger charge is -2.10. The van der Waals surface area contributed by atoms with Crippen molar-refractivity contribution in [2.45, 2.75) is 6.42 Å². The number of hydrogen-bond donors (Lipinski definition) is 2. The standard InChI is InChI=1S/C22H26N6O2/c1-4-10-23-22(29)27-20-15-24-18-8-6-16(13-19(18)26-20)17-7-9-21(25-14-17)30-12-5-11-28(2)3/h4,6-9,13-15H,1,5,10-12H2,2-3H3,(H2,23,26,27,29). The van der Waals surface area contributed by atoms with Crippen molar-refractivity contribution in [2.75, 3.05) is 39.1 Å². The van der Waals surface area contributed by atoms with Gasteiger partial charge in [0.25, 0.3) is 0 Å². The average molecular weight is 406 g/mol. The lowest BCUT2D eigenvalue weighted by Crippen LogP contribution is -2.29. The van der Waals surface area contributed by atoms with Gasteiger partial charge in [0, 0.05) is 30.9 Å². The number of hydrogen-bond acceptors (Lipinski definition) is 6. The summed E-state index contributed by atoms with van der Waals surface area (Å²) in [5.74, 6) is 0.982. The number of amides is 2. The normalized spacial score (nSPS) is 10.8. The van der Waals surface area contributed by atoms with E-state index in [0.29, 0.717) is 30.4 Å². The molecule has 0 aliphatic carbocycles. The molecule has 8 heteroatoms. The summed E-state index contributed by atoms with van der Waals surface area (Å²) in [6.45, 7) is 5.54. The molecule has 156 valence electrons. The van der Waals surface area contributed by atoms with Crippen LogP contribution in [0.4, 0.5) is 10.6 Å². The number of fused-ring (bicyclic) bond motifs is 1. The van der Waals surface area contributed by atoms with Gasteiger partial charge in [-0.3, -0.25) is 10.3 Å². The number of benzene rings is 1. The highest BCUT2D eigenvalue weighted by Crippen LogP contribution is 2.24. The highest BCUT2D eigenvalue weighted by atomic mass is 16.5. The average Bonchev–Trinajstić information content (AvgIpc) is 2.75. The molecule has 0 saturated carbocycles. The fourth-order valence-electron chi connectivity index (χ4n) is 2.77. The van der Waals surface area contributed by atoms with Crippen LogP contribution in [0.1, 0.15) is 6.42 Å². The third kappa shape index (κ3) is 5.99. The van der Waals surface area contributed by atoms with Crippen LogP contribution in [0.5, 0.6) is 5.88 Å². The Morgan fingerprint density at radius 3 is 2.70 bits per heavy atom. The minimum Gasteiger partial charge on any atom is -0.478 e. The Morgan fingerprint density at radius 1 is 1.13 bits per heavy atom. The Hall–Kier alpha value is -3.52. The highest BCUT2D eigenvalue weighted by molar-refractivity contribution is 5.90. The Labute approximate surface area is 176 Å². The van der Waals surface area contributed by atoms with E-state index in [2.05, 4.69) is 37.1 Å². The van der Waals surface area contributed by atoms with Crippen LogP contribution in [-0.2, 0) is 0 Å². The molecular formula is C22H26N6O2. The van der Waals surface area contributed by atoms with Crippen molar-refractivity contribution < 1.29 is 9.53 Å². The lowest BCUT2D eigenvalue weighted by molar-refractivity contribution is 0.253. The fraction of sp³-hybridized carbons (Fsp3) is 0.273. The van der Waals surface area contributed by atoms with Crippen molar-refractivity contribution in [3.05, 3.63) is 55.4 Å². The highest BCUT2D eigenvalue weighted by Gasteiger charge is 2.07. The van der Waals surface area contributed by atoms with Crippen molar-refractivity contribution >= 4 is 22.9 Å². The molecular weight excluding hydrogens is 380 g/mol. The molecule has 0 saturated heterocycles. The van der Waals surface area contributed by atoms with Crippen LogP contribution >= 0.6 is 0 Å². The van der Waals surface area contributed by atoms with Gasteiger partial charge in [-0.1, -0.05) is 12.1 Å². The summed E-state index contributed by atoms with van der Waals surface area (Å²) < 4.78 is 5.69. The second kappa shape index (κ2) is 10.3. The molecule has 0 aliphatic heterocycles. The van der Waals surface area contributed by atoms with Gasteiger partial charge < -0.3 is 15.0 Å². The first-order chi connectivity index (χ1) is 14.5. The van der Waals surface area contributed by atoms with Crippen molar-refractivity contribution in [1.29, 1.82) is 0 Å². The second-order valence-electron chi connectivity index (χ2n) is 6.97. The Kier molecular flexibility index (Phi) is 7.29. The summed E-state index contributed by atoms with van der Waals surface area (Å²) in [6, 6.07) is 9.26. The number of carbonyl (C=O) groups is 1. The summed E-state index contributed by atoms with van der Waals surface area (Å²) in [6.07, 6.45) is 5.86. The Bertz CT molecular complexity index is 1000. The third-order valence-electron chi connectivity index (χ3n) is 4.26. The van der Waals surface area contributed by atoms with Crippen LogP contribution in [0, 0.1) is 0 Å². The van der Waals surface area contributed by atoms with Gasteiger partial charge in [0.1, 0.15) is 0 Å². The zero-order valence-corrected chi connectivity index (χ0v) is 17.3. The largest absolute Gasteiger partial charge is 0.478 e. The smallest absolute Gasteiger partial charge is 0.320 e. The molecule has 0 bridgehead atoms. The molecule has 30 heavy (non-hydrogen) atoms. The Morgan fingerprint density at radius 2 is 1.97 bits per heavy atom. The molecule has 0 spiro atoms. The van der Waals surface area contributed by atoms with E-state index in [1.54, 1.807) is 12.3 Å². The monoisotopic (exact) mass is 406 g/mol. The number of carbonyl (C=O) groups excluding carboxylic acids is 1. The van der Waals surface area contributed by atoms with Gasteiger partial charge in [-0.25, -0.2) is 14.8 Å². The van der Waals surface area contributed by atoms with Crippen molar-refractivity contribution in [3.8, 4) is 17.0 Å². The number of aromatic nitrogens is 3. The molecule has 2 amide bonds. The van der Waals surface area contributed by atoms with Gasteiger partial charge in [0.15, 0.2) is 5.82 Å². The number of rotatable bonds is 9. The van der Waals surface area contributed by atoms with E-state index in [1.807, 2.05) is 44.4 Å². The van der Waals surface area contributed by atoms with Crippen LogP contribution in [0.2, 0.25) is 0 Å². The first kappa shape index (κ1) is 21.2. The molecule has 0 radical (unpaired) electrons. The number of ether oxygens (including phenoxy) is 1. The molecule has 2 heterocycles. The predicted octanol–water partition coefficient (Wildman–Crippen LogP) is 3.33. The maximum Gasteiger partial charge on any atom is 0.320 e. The second-order valence-corrected chi connectivity index (χ2v) is 6.97. The van der Waals surface area contributed by atoms with Crippen LogP contribution in [0.15, 0.2) is 55.4 Å². The number of pyridine rings is 1. The molecule has 8 nitrogen and oxygen atoms in total. The zero-order valence-electron chi connectivity index (χ0n) is 17.3. The zero-order chi connectivity index (χ0) is 21.3. The molecule has 0 atom stereocenters. The van der Waals surface area contributed by atoms with Gasteiger partial charge in [0.05, 0.1) is 23.8 Å². The molecule has 0 aliphatic rings. The van der Waals surface area contributed by atoms with Gasteiger partial charge >= 0.3 is 6.03 Å². The van der Waals surface area contributed by atoms with Gasteiger partial charge in [-0.2, -0.15) is 0 Å².